The first-order valence-corrected chi connectivity index (χ1v) is 9.49. The molecule has 24 heavy (non-hydrogen) atoms. The Morgan fingerprint density at radius 2 is 2.08 bits per heavy atom. The number of hydrazone groups is 1. The molecule has 0 saturated carbocycles. The summed E-state index contributed by atoms with van der Waals surface area (Å²) in [6.07, 6.45) is 4.29. The van der Waals surface area contributed by atoms with Crippen LogP contribution in [0.5, 0.6) is 0 Å². The number of carbonyl (C=O) groups excluding carboxylic acids is 1. The van der Waals surface area contributed by atoms with E-state index in [4.69, 9.17) is 0 Å². The third-order valence-electron chi connectivity index (χ3n) is 4.75. The second-order valence-electron chi connectivity index (χ2n) is 6.59. The normalized spacial score (nSPS) is 17.5. The van der Waals surface area contributed by atoms with Gasteiger partial charge in [-0.25, -0.2) is 5.43 Å². The maximum Gasteiger partial charge on any atom is 0.272 e. The van der Waals surface area contributed by atoms with Crippen molar-refractivity contribution in [3.63, 3.8) is 0 Å². The zero-order chi connectivity index (χ0) is 17.1. The molecule has 1 aliphatic rings. The van der Waals surface area contributed by atoms with Crippen LogP contribution in [0, 0.1) is 5.92 Å². The first kappa shape index (κ1) is 16.9. The van der Waals surface area contributed by atoms with Crippen molar-refractivity contribution >= 4 is 23.0 Å². The Morgan fingerprint density at radius 1 is 1.33 bits per heavy atom. The summed E-state index contributed by atoms with van der Waals surface area (Å²) < 4.78 is 0. The van der Waals surface area contributed by atoms with Crippen molar-refractivity contribution in [2.24, 2.45) is 11.0 Å². The molecular formula is C20H24N2OS. The van der Waals surface area contributed by atoms with E-state index in [1.807, 2.05) is 12.3 Å². The number of benzene rings is 1. The molecule has 0 aliphatic heterocycles. The van der Waals surface area contributed by atoms with Gasteiger partial charge >= 0.3 is 0 Å². The number of nitrogens with one attached hydrogen (secondary N) is 1. The summed E-state index contributed by atoms with van der Waals surface area (Å²) in [6, 6.07) is 8.31. The predicted molar refractivity (Wildman–Crippen MR) is 101 cm³/mol. The fourth-order valence-electron chi connectivity index (χ4n) is 3.11. The van der Waals surface area contributed by atoms with Gasteiger partial charge in [-0.05, 0) is 55.2 Å². The number of amides is 1. The molecule has 126 valence electrons. The van der Waals surface area contributed by atoms with Crippen LogP contribution in [0.25, 0.3) is 0 Å². The highest BCUT2D eigenvalue weighted by Crippen LogP contribution is 2.32. The highest BCUT2D eigenvalue weighted by atomic mass is 32.1. The maximum atomic E-state index is 12.5. The lowest BCUT2D eigenvalue weighted by atomic mass is 9.88. The van der Waals surface area contributed by atoms with E-state index in [1.165, 1.54) is 16.0 Å². The first-order chi connectivity index (χ1) is 11.6. The predicted octanol–water partition coefficient (Wildman–Crippen LogP) is 4.59. The molecule has 1 aromatic carbocycles. The van der Waals surface area contributed by atoms with Crippen molar-refractivity contribution in [1.29, 1.82) is 0 Å². The third kappa shape index (κ3) is 3.59. The van der Waals surface area contributed by atoms with E-state index in [2.05, 4.69) is 48.6 Å². The van der Waals surface area contributed by atoms with Crippen LogP contribution in [-0.2, 0) is 19.3 Å². The number of carbonyl (C=O) groups is 1. The molecule has 3 rings (SSSR count). The van der Waals surface area contributed by atoms with E-state index in [9.17, 15) is 4.79 Å². The second kappa shape index (κ2) is 7.31. The number of rotatable bonds is 4. The van der Waals surface area contributed by atoms with Crippen molar-refractivity contribution in [3.05, 3.63) is 56.8 Å². The Bertz CT molecular complexity index is 758. The van der Waals surface area contributed by atoms with Crippen LogP contribution in [0.4, 0.5) is 0 Å². The van der Waals surface area contributed by atoms with Crippen LogP contribution in [0.3, 0.4) is 0 Å². The molecule has 1 N–H and O–H groups in total. The largest absolute Gasteiger partial charge is 0.272 e. The lowest BCUT2D eigenvalue weighted by molar-refractivity contribution is 0.0954. The zero-order valence-electron chi connectivity index (χ0n) is 14.6. The van der Waals surface area contributed by atoms with E-state index in [0.717, 1.165) is 48.4 Å². The summed E-state index contributed by atoms with van der Waals surface area (Å²) in [5.41, 5.74) is 7.93. The van der Waals surface area contributed by atoms with Crippen molar-refractivity contribution in [3.8, 4) is 0 Å². The van der Waals surface area contributed by atoms with Gasteiger partial charge < -0.3 is 0 Å². The number of fused-ring (bicyclic) bond motifs is 1. The molecule has 1 atom stereocenters. The van der Waals surface area contributed by atoms with Gasteiger partial charge in [-0.15, -0.1) is 11.3 Å². The minimum atomic E-state index is -0.0911. The fourth-order valence-corrected chi connectivity index (χ4v) is 4.35. The number of hydrogen-bond donors (Lipinski definition) is 1. The van der Waals surface area contributed by atoms with Crippen LogP contribution in [0.1, 0.15) is 59.1 Å². The van der Waals surface area contributed by atoms with Crippen LogP contribution in [-0.4, -0.2) is 11.6 Å². The Kier molecular flexibility index (Phi) is 5.14. The molecule has 1 aliphatic carbocycles. The molecule has 1 unspecified atom stereocenters. The van der Waals surface area contributed by atoms with E-state index in [-0.39, 0.29) is 5.91 Å². The SMILES string of the molecule is CCc1ccc(/C(C)=N/NC(=O)c2csc3c2CCC(C)C3)cc1. The Morgan fingerprint density at radius 3 is 2.79 bits per heavy atom. The maximum absolute atomic E-state index is 12.5. The van der Waals surface area contributed by atoms with Gasteiger partial charge in [-0.2, -0.15) is 5.10 Å². The van der Waals surface area contributed by atoms with E-state index < -0.39 is 0 Å². The smallest absolute Gasteiger partial charge is 0.267 e. The van der Waals surface area contributed by atoms with Gasteiger partial charge in [-0.1, -0.05) is 38.1 Å². The standard InChI is InChI=1S/C20H24N2OS/c1-4-15-6-8-16(9-7-15)14(3)21-22-20(23)18-12-24-19-11-13(2)5-10-17(18)19/h6-9,12-13H,4-5,10-11H2,1-3H3,(H,22,23)/b21-14+. The highest BCUT2D eigenvalue weighted by molar-refractivity contribution is 7.10. The van der Waals surface area contributed by atoms with Crippen LogP contribution in [0.15, 0.2) is 34.7 Å². The zero-order valence-corrected chi connectivity index (χ0v) is 15.4. The van der Waals surface area contributed by atoms with Crippen LogP contribution >= 0.6 is 11.3 Å². The van der Waals surface area contributed by atoms with Gasteiger partial charge in [0.05, 0.1) is 11.3 Å². The number of thiophene rings is 1. The molecule has 0 radical (unpaired) electrons. The van der Waals surface area contributed by atoms with Crippen LogP contribution in [0.2, 0.25) is 0 Å². The van der Waals surface area contributed by atoms with Gasteiger partial charge in [0.25, 0.3) is 5.91 Å². The molecule has 0 bridgehead atoms. The van der Waals surface area contributed by atoms with Gasteiger partial charge in [-0.3, -0.25) is 4.79 Å². The average Bonchev–Trinajstić information content (AvgIpc) is 3.02. The Hall–Kier alpha value is -1.94. The second-order valence-corrected chi connectivity index (χ2v) is 7.55. The molecule has 2 aromatic rings. The minimum absolute atomic E-state index is 0.0911. The summed E-state index contributed by atoms with van der Waals surface area (Å²) in [7, 11) is 0. The molecule has 0 saturated heterocycles. The topological polar surface area (TPSA) is 41.5 Å². The van der Waals surface area contributed by atoms with Crippen molar-refractivity contribution in [1.82, 2.24) is 5.43 Å². The summed E-state index contributed by atoms with van der Waals surface area (Å²) in [6.45, 7) is 6.34. The molecule has 0 spiro atoms. The minimum Gasteiger partial charge on any atom is -0.267 e. The lowest BCUT2D eigenvalue weighted by Gasteiger charge is -2.18. The van der Waals surface area contributed by atoms with E-state index in [1.54, 1.807) is 11.3 Å². The van der Waals surface area contributed by atoms with E-state index >= 15 is 0 Å². The van der Waals surface area contributed by atoms with Gasteiger partial charge in [0.15, 0.2) is 0 Å². The van der Waals surface area contributed by atoms with Crippen molar-refractivity contribution in [2.45, 2.75) is 46.5 Å². The van der Waals surface area contributed by atoms with Crippen molar-refractivity contribution < 1.29 is 4.79 Å². The van der Waals surface area contributed by atoms with Gasteiger partial charge in [0, 0.05) is 10.3 Å². The molecule has 4 heteroatoms. The molecular weight excluding hydrogens is 316 g/mol. The fraction of sp³-hybridized carbons (Fsp3) is 0.400. The van der Waals surface area contributed by atoms with Gasteiger partial charge in [0.2, 0.25) is 0 Å². The van der Waals surface area contributed by atoms with Crippen LogP contribution < -0.4 is 5.43 Å². The quantitative estimate of drug-likeness (QED) is 0.642. The third-order valence-corrected chi connectivity index (χ3v) is 5.80. The molecule has 3 nitrogen and oxygen atoms in total. The average molecular weight is 340 g/mol. The molecule has 1 aromatic heterocycles. The molecule has 1 amide bonds. The lowest BCUT2D eigenvalue weighted by Crippen LogP contribution is -2.21. The number of hydrogen-bond acceptors (Lipinski definition) is 3. The summed E-state index contributed by atoms with van der Waals surface area (Å²) in [5.74, 6) is 0.630. The summed E-state index contributed by atoms with van der Waals surface area (Å²) >= 11 is 1.71. The monoisotopic (exact) mass is 340 g/mol. The molecule has 1 heterocycles. The summed E-state index contributed by atoms with van der Waals surface area (Å²) in [5, 5.41) is 6.28. The van der Waals surface area contributed by atoms with E-state index in [0.29, 0.717) is 0 Å². The Balaban J connectivity index is 1.70. The van der Waals surface area contributed by atoms with Crippen molar-refractivity contribution in [2.75, 3.05) is 0 Å². The number of nitrogens with zero attached hydrogens (tertiary/aromatic N) is 1. The molecule has 0 fully saturated rings. The number of aryl methyl sites for hydroxylation is 1. The first-order valence-electron chi connectivity index (χ1n) is 8.61. The Labute approximate surface area is 147 Å². The van der Waals surface area contributed by atoms with Gasteiger partial charge in [0.1, 0.15) is 0 Å². The summed E-state index contributed by atoms with van der Waals surface area (Å²) in [4.78, 5) is 13.9. The highest BCUT2D eigenvalue weighted by Gasteiger charge is 2.23.